The third-order valence-electron chi connectivity index (χ3n) is 2.07. The summed E-state index contributed by atoms with van der Waals surface area (Å²) < 4.78 is 0. The SMILES string of the molecule is CC(=O)c1cc([N+](=O)[O-])cc([N+](=O)[O-])c(=O)c1O. The van der Waals surface area contributed by atoms with E-state index in [2.05, 4.69) is 0 Å². The number of hydrogen-bond donors (Lipinski definition) is 1. The van der Waals surface area contributed by atoms with E-state index in [1.807, 2.05) is 0 Å². The average molecular weight is 254 g/mol. The average Bonchev–Trinajstić information content (AvgIpc) is 2.38. The molecule has 0 aliphatic carbocycles. The summed E-state index contributed by atoms with van der Waals surface area (Å²) in [5, 5.41) is 30.6. The van der Waals surface area contributed by atoms with Crippen molar-refractivity contribution in [2.75, 3.05) is 0 Å². The molecule has 0 amide bonds. The molecule has 18 heavy (non-hydrogen) atoms. The lowest BCUT2D eigenvalue weighted by molar-refractivity contribution is -0.394. The maximum absolute atomic E-state index is 11.4. The molecule has 0 fully saturated rings. The zero-order valence-electron chi connectivity index (χ0n) is 8.95. The van der Waals surface area contributed by atoms with Gasteiger partial charge < -0.3 is 5.11 Å². The van der Waals surface area contributed by atoms with Gasteiger partial charge in [0.2, 0.25) is 0 Å². The van der Waals surface area contributed by atoms with Crippen LogP contribution >= 0.6 is 0 Å². The first-order valence-corrected chi connectivity index (χ1v) is 4.46. The molecule has 1 aromatic carbocycles. The Kier molecular flexibility index (Phi) is 3.36. The van der Waals surface area contributed by atoms with Crippen LogP contribution in [0.3, 0.4) is 0 Å². The van der Waals surface area contributed by atoms with Crippen LogP contribution in [0.5, 0.6) is 5.75 Å². The molecule has 0 heterocycles. The van der Waals surface area contributed by atoms with E-state index in [0.29, 0.717) is 12.1 Å². The van der Waals surface area contributed by atoms with Gasteiger partial charge in [-0.3, -0.25) is 29.8 Å². The van der Waals surface area contributed by atoms with Crippen molar-refractivity contribution in [3.05, 3.63) is 48.1 Å². The van der Waals surface area contributed by atoms with Crippen molar-refractivity contribution in [1.82, 2.24) is 0 Å². The fourth-order valence-electron chi connectivity index (χ4n) is 1.22. The number of nitrogens with zero attached hydrogens (tertiary/aromatic N) is 2. The summed E-state index contributed by atoms with van der Waals surface area (Å²) in [5.41, 5.74) is -4.09. The molecule has 0 atom stereocenters. The van der Waals surface area contributed by atoms with Crippen LogP contribution in [0.4, 0.5) is 11.4 Å². The summed E-state index contributed by atoms with van der Waals surface area (Å²) in [4.78, 5) is 41.6. The molecule has 0 spiro atoms. The summed E-state index contributed by atoms with van der Waals surface area (Å²) >= 11 is 0. The highest BCUT2D eigenvalue weighted by atomic mass is 16.6. The Morgan fingerprint density at radius 2 is 1.78 bits per heavy atom. The second-order valence-electron chi connectivity index (χ2n) is 3.26. The Labute approximate surface area is 98.6 Å². The molecular formula is C9H6N2O7. The molecule has 9 nitrogen and oxygen atoms in total. The summed E-state index contributed by atoms with van der Waals surface area (Å²) in [7, 11) is 0. The van der Waals surface area contributed by atoms with Crippen LogP contribution < -0.4 is 5.43 Å². The van der Waals surface area contributed by atoms with Gasteiger partial charge in [0.25, 0.3) is 11.1 Å². The van der Waals surface area contributed by atoms with Gasteiger partial charge in [-0.05, 0) is 6.92 Å². The monoisotopic (exact) mass is 254 g/mol. The smallest absolute Gasteiger partial charge is 0.327 e. The number of carbonyl (C=O) groups excluding carboxylic acids is 1. The Morgan fingerprint density at radius 1 is 1.22 bits per heavy atom. The Balaban J connectivity index is 3.90. The molecule has 0 bridgehead atoms. The minimum Gasteiger partial charge on any atom is -0.503 e. The second-order valence-corrected chi connectivity index (χ2v) is 3.26. The fraction of sp³-hybridized carbons (Fsp3) is 0.111. The minimum atomic E-state index is -1.45. The van der Waals surface area contributed by atoms with Gasteiger partial charge >= 0.3 is 5.69 Å². The summed E-state index contributed by atoms with van der Waals surface area (Å²) in [6, 6.07) is 1.01. The molecule has 94 valence electrons. The number of nitro groups is 2. The fourth-order valence-corrected chi connectivity index (χ4v) is 1.22. The minimum absolute atomic E-state index is 0.397. The van der Waals surface area contributed by atoms with Gasteiger partial charge in [-0.1, -0.05) is 0 Å². The molecule has 0 saturated heterocycles. The quantitative estimate of drug-likeness (QED) is 0.477. The van der Waals surface area contributed by atoms with Crippen LogP contribution in [-0.4, -0.2) is 20.7 Å². The van der Waals surface area contributed by atoms with E-state index < -0.39 is 43.7 Å². The topological polar surface area (TPSA) is 141 Å². The van der Waals surface area contributed by atoms with E-state index in [1.54, 1.807) is 0 Å². The molecule has 0 saturated carbocycles. The molecule has 0 aliphatic heterocycles. The highest BCUT2D eigenvalue weighted by Crippen LogP contribution is 2.22. The third-order valence-corrected chi connectivity index (χ3v) is 2.07. The Morgan fingerprint density at radius 3 is 2.17 bits per heavy atom. The van der Waals surface area contributed by atoms with Crippen molar-refractivity contribution in [2.45, 2.75) is 6.92 Å². The van der Waals surface area contributed by atoms with Crippen LogP contribution in [0.15, 0.2) is 16.9 Å². The van der Waals surface area contributed by atoms with Crippen molar-refractivity contribution in [3.8, 4) is 5.75 Å². The van der Waals surface area contributed by atoms with Crippen molar-refractivity contribution >= 4 is 17.2 Å². The van der Waals surface area contributed by atoms with Crippen molar-refractivity contribution < 1.29 is 19.7 Å². The van der Waals surface area contributed by atoms with Crippen LogP contribution in [0.25, 0.3) is 0 Å². The highest BCUT2D eigenvalue weighted by Gasteiger charge is 2.24. The molecule has 0 aromatic heterocycles. The van der Waals surface area contributed by atoms with Crippen LogP contribution in [0, 0.1) is 20.2 Å². The number of Topliss-reactive ketones (excluding diaryl/α,β-unsaturated/α-hetero) is 1. The highest BCUT2D eigenvalue weighted by molar-refractivity contribution is 5.97. The first-order chi connectivity index (χ1) is 8.25. The lowest BCUT2D eigenvalue weighted by Gasteiger charge is -1.92. The maximum Gasteiger partial charge on any atom is 0.327 e. The van der Waals surface area contributed by atoms with Gasteiger partial charge in [0.05, 0.1) is 21.5 Å². The van der Waals surface area contributed by atoms with E-state index in [4.69, 9.17) is 0 Å². The molecule has 0 radical (unpaired) electrons. The van der Waals surface area contributed by atoms with Crippen LogP contribution in [0.1, 0.15) is 17.3 Å². The first kappa shape index (κ1) is 13.2. The molecule has 1 rings (SSSR count). The van der Waals surface area contributed by atoms with Crippen molar-refractivity contribution in [3.63, 3.8) is 0 Å². The predicted molar refractivity (Wildman–Crippen MR) is 57.7 cm³/mol. The molecule has 1 N–H and O–H groups in total. The molecule has 1 aromatic rings. The number of ketones is 1. The van der Waals surface area contributed by atoms with Gasteiger partial charge in [0.1, 0.15) is 0 Å². The lowest BCUT2D eigenvalue weighted by Crippen LogP contribution is -2.06. The van der Waals surface area contributed by atoms with Gasteiger partial charge in [-0.25, -0.2) is 0 Å². The number of aromatic hydroxyl groups is 1. The molecule has 9 heteroatoms. The Hall–Kier alpha value is -2.84. The van der Waals surface area contributed by atoms with Crippen molar-refractivity contribution in [1.29, 1.82) is 0 Å². The summed E-state index contributed by atoms with van der Waals surface area (Å²) in [5.74, 6) is -2.00. The van der Waals surface area contributed by atoms with Gasteiger partial charge in [0, 0.05) is 6.07 Å². The maximum atomic E-state index is 11.4. The normalized spacial score (nSPS) is 9.83. The molecule has 0 aliphatic rings. The van der Waals surface area contributed by atoms with E-state index in [1.165, 1.54) is 0 Å². The van der Waals surface area contributed by atoms with Gasteiger partial charge in [-0.2, -0.15) is 0 Å². The number of carbonyl (C=O) groups is 1. The second kappa shape index (κ2) is 4.57. The first-order valence-electron chi connectivity index (χ1n) is 4.46. The molecule has 0 unspecified atom stereocenters. The van der Waals surface area contributed by atoms with Gasteiger partial charge in [0.15, 0.2) is 11.5 Å². The zero-order chi connectivity index (χ0) is 14.0. The standard InChI is InChI=1S/C9H6N2O7/c1-4(12)6-2-5(10(15)16)3-7(11(17)18)9(14)8(6)13/h2-3H,1H3,(H,13,14). The largest absolute Gasteiger partial charge is 0.503 e. The van der Waals surface area contributed by atoms with E-state index in [9.17, 15) is 34.9 Å². The zero-order valence-corrected chi connectivity index (χ0v) is 8.95. The predicted octanol–water partition coefficient (Wildman–Crippen LogP) is 0.771. The molecular weight excluding hydrogens is 248 g/mol. The van der Waals surface area contributed by atoms with E-state index in [0.717, 1.165) is 6.92 Å². The summed E-state index contributed by atoms with van der Waals surface area (Å²) in [6.07, 6.45) is 0. The summed E-state index contributed by atoms with van der Waals surface area (Å²) in [6.45, 7) is 0.962. The van der Waals surface area contributed by atoms with Crippen LogP contribution in [0.2, 0.25) is 0 Å². The number of hydrogen-bond acceptors (Lipinski definition) is 7. The van der Waals surface area contributed by atoms with E-state index in [-0.39, 0.29) is 0 Å². The Bertz CT molecular complexity index is 623. The van der Waals surface area contributed by atoms with Gasteiger partial charge in [-0.15, -0.1) is 0 Å². The van der Waals surface area contributed by atoms with Crippen LogP contribution in [-0.2, 0) is 0 Å². The lowest BCUT2D eigenvalue weighted by atomic mass is 10.2. The van der Waals surface area contributed by atoms with E-state index >= 15 is 0 Å². The van der Waals surface area contributed by atoms with Crippen molar-refractivity contribution in [2.24, 2.45) is 0 Å². The third kappa shape index (κ3) is 2.29. The number of rotatable bonds is 3.